The van der Waals surface area contributed by atoms with Gasteiger partial charge >= 0.3 is 6.09 Å². The third-order valence-electron chi connectivity index (χ3n) is 5.78. The zero-order valence-corrected chi connectivity index (χ0v) is 17.0. The standard InChI is InChI=1S/C22H33N3O2/c1-4-6-7-17(5-2)15-27-22(26)25-12-10-18(11-13-25)21-23-19-9-8-16(3)14-20(19)24-21/h8-9,14,17-18H,4-7,10-13,15H2,1-3H3,(H,23,24). The summed E-state index contributed by atoms with van der Waals surface area (Å²) in [6.07, 6.45) is 6.33. The lowest BCUT2D eigenvalue weighted by Gasteiger charge is -2.30. The highest BCUT2D eigenvalue weighted by atomic mass is 16.6. The third-order valence-corrected chi connectivity index (χ3v) is 5.78. The van der Waals surface area contributed by atoms with Crippen molar-refractivity contribution in [3.63, 3.8) is 0 Å². The molecule has 1 unspecified atom stereocenters. The number of nitrogens with one attached hydrogen (secondary N) is 1. The number of hydrogen-bond acceptors (Lipinski definition) is 3. The molecule has 5 nitrogen and oxygen atoms in total. The van der Waals surface area contributed by atoms with E-state index < -0.39 is 0 Å². The molecule has 148 valence electrons. The third kappa shape index (κ3) is 5.02. The SMILES string of the molecule is CCCCC(CC)COC(=O)N1CCC(c2nc3ccc(C)cc3[nH]2)CC1. The average Bonchev–Trinajstić information content (AvgIpc) is 3.11. The second-order valence-electron chi connectivity index (χ2n) is 7.90. The number of piperidine rings is 1. The molecule has 0 aliphatic carbocycles. The molecule has 1 aliphatic heterocycles. The molecule has 3 rings (SSSR count). The number of hydrogen-bond donors (Lipinski definition) is 1. The van der Waals surface area contributed by atoms with Crippen molar-refractivity contribution in [3.8, 4) is 0 Å². The lowest BCUT2D eigenvalue weighted by molar-refractivity contribution is 0.0766. The molecular formula is C22H33N3O2. The highest BCUT2D eigenvalue weighted by molar-refractivity contribution is 5.76. The summed E-state index contributed by atoms with van der Waals surface area (Å²) in [5, 5.41) is 0. The number of unbranched alkanes of at least 4 members (excludes halogenated alkanes) is 1. The maximum atomic E-state index is 12.4. The first-order chi connectivity index (χ1) is 13.1. The number of fused-ring (bicyclic) bond motifs is 1. The Labute approximate surface area is 162 Å². The molecule has 1 atom stereocenters. The van der Waals surface area contributed by atoms with Gasteiger partial charge in [-0.1, -0.05) is 39.2 Å². The minimum absolute atomic E-state index is 0.149. The molecule has 5 heteroatoms. The van der Waals surface area contributed by atoms with Crippen molar-refractivity contribution >= 4 is 17.1 Å². The number of aromatic nitrogens is 2. The van der Waals surface area contributed by atoms with Crippen molar-refractivity contribution in [1.29, 1.82) is 0 Å². The largest absolute Gasteiger partial charge is 0.449 e. The molecule has 0 radical (unpaired) electrons. The first kappa shape index (κ1) is 19.7. The molecule has 1 aromatic carbocycles. The van der Waals surface area contributed by atoms with Crippen molar-refractivity contribution < 1.29 is 9.53 Å². The molecule has 0 spiro atoms. The highest BCUT2D eigenvalue weighted by Crippen LogP contribution is 2.28. The van der Waals surface area contributed by atoms with Crippen molar-refractivity contribution in [2.75, 3.05) is 19.7 Å². The normalized spacial score (nSPS) is 16.6. The number of aromatic amines is 1. The number of carbonyl (C=O) groups is 1. The molecule has 0 bridgehead atoms. The molecule has 1 amide bonds. The molecular weight excluding hydrogens is 338 g/mol. The van der Waals surface area contributed by atoms with E-state index in [4.69, 9.17) is 9.72 Å². The van der Waals surface area contributed by atoms with Crippen LogP contribution in [0.1, 0.15) is 69.7 Å². The summed E-state index contributed by atoms with van der Waals surface area (Å²) in [7, 11) is 0. The summed E-state index contributed by atoms with van der Waals surface area (Å²) in [6.45, 7) is 8.50. The maximum Gasteiger partial charge on any atom is 0.409 e. The zero-order chi connectivity index (χ0) is 19.2. The summed E-state index contributed by atoms with van der Waals surface area (Å²) in [4.78, 5) is 22.5. The van der Waals surface area contributed by atoms with Gasteiger partial charge in [-0.05, 0) is 49.8 Å². The highest BCUT2D eigenvalue weighted by Gasteiger charge is 2.27. The van der Waals surface area contributed by atoms with E-state index in [1.165, 1.54) is 18.4 Å². The zero-order valence-electron chi connectivity index (χ0n) is 17.0. The van der Waals surface area contributed by atoms with E-state index in [0.717, 1.165) is 55.6 Å². The number of likely N-dealkylation sites (tertiary alicyclic amines) is 1. The predicted molar refractivity (Wildman–Crippen MR) is 109 cm³/mol. The van der Waals surface area contributed by atoms with Crippen molar-refractivity contribution in [2.45, 2.75) is 65.2 Å². The van der Waals surface area contributed by atoms with Crippen molar-refractivity contribution in [1.82, 2.24) is 14.9 Å². The van der Waals surface area contributed by atoms with E-state index in [2.05, 4.69) is 44.0 Å². The number of ether oxygens (including phenoxy) is 1. The topological polar surface area (TPSA) is 58.2 Å². The van der Waals surface area contributed by atoms with Crippen molar-refractivity contribution in [3.05, 3.63) is 29.6 Å². The number of amides is 1. The Morgan fingerprint density at radius 2 is 2.11 bits per heavy atom. The van der Waals surface area contributed by atoms with Gasteiger partial charge in [-0.3, -0.25) is 0 Å². The van der Waals surface area contributed by atoms with Crippen LogP contribution in [-0.4, -0.2) is 40.7 Å². The Morgan fingerprint density at radius 1 is 1.33 bits per heavy atom. The van der Waals surface area contributed by atoms with E-state index in [-0.39, 0.29) is 6.09 Å². The monoisotopic (exact) mass is 371 g/mol. The predicted octanol–water partition coefficient (Wildman–Crippen LogP) is 5.40. The summed E-state index contributed by atoms with van der Waals surface area (Å²) in [6, 6.07) is 6.30. The summed E-state index contributed by atoms with van der Waals surface area (Å²) in [5.74, 6) is 1.93. The second kappa shape index (κ2) is 9.25. The van der Waals surface area contributed by atoms with Crippen LogP contribution in [0, 0.1) is 12.8 Å². The van der Waals surface area contributed by atoms with Crippen LogP contribution in [0.25, 0.3) is 11.0 Å². The van der Waals surface area contributed by atoms with Gasteiger partial charge in [0.15, 0.2) is 0 Å². The van der Waals surface area contributed by atoms with Crippen LogP contribution < -0.4 is 0 Å². The van der Waals surface area contributed by atoms with Gasteiger partial charge in [0.25, 0.3) is 0 Å². The molecule has 2 aromatic rings. The lowest BCUT2D eigenvalue weighted by Crippen LogP contribution is -2.39. The molecule has 1 fully saturated rings. The van der Waals surface area contributed by atoms with Gasteiger partial charge < -0.3 is 14.6 Å². The van der Waals surface area contributed by atoms with E-state index in [1.54, 1.807) is 0 Å². The Morgan fingerprint density at radius 3 is 2.81 bits per heavy atom. The van der Waals surface area contributed by atoms with Gasteiger partial charge in [0, 0.05) is 19.0 Å². The Hall–Kier alpha value is -2.04. The van der Waals surface area contributed by atoms with E-state index >= 15 is 0 Å². The van der Waals surface area contributed by atoms with Gasteiger partial charge in [-0.15, -0.1) is 0 Å². The minimum Gasteiger partial charge on any atom is -0.449 e. The van der Waals surface area contributed by atoms with Crippen LogP contribution >= 0.6 is 0 Å². The number of benzene rings is 1. The number of rotatable bonds is 7. The average molecular weight is 372 g/mol. The smallest absolute Gasteiger partial charge is 0.409 e. The lowest BCUT2D eigenvalue weighted by atomic mass is 9.96. The number of H-pyrrole nitrogens is 1. The van der Waals surface area contributed by atoms with Crippen LogP contribution in [0.3, 0.4) is 0 Å². The van der Waals surface area contributed by atoms with Gasteiger partial charge in [-0.25, -0.2) is 9.78 Å². The van der Waals surface area contributed by atoms with Gasteiger partial charge in [0.1, 0.15) is 5.82 Å². The Kier molecular flexibility index (Phi) is 6.75. The van der Waals surface area contributed by atoms with Crippen molar-refractivity contribution in [2.24, 2.45) is 5.92 Å². The molecule has 2 heterocycles. The van der Waals surface area contributed by atoms with Crippen LogP contribution in [-0.2, 0) is 4.74 Å². The van der Waals surface area contributed by atoms with Gasteiger partial charge in [-0.2, -0.15) is 0 Å². The van der Waals surface area contributed by atoms with Gasteiger partial charge in [0.2, 0.25) is 0 Å². The first-order valence-corrected chi connectivity index (χ1v) is 10.5. The quantitative estimate of drug-likeness (QED) is 0.708. The molecule has 0 saturated carbocycles. The first-order valence-electron chi connectivity index (χ1n) is 10.5. The molecule has 1 N–H and O–H groups in total. The fraction of sp³-hybridized carbons (Fsp3) is 0.636. The van der Waals surface area contributed by atoms with Crippen LogP contribution in [0.15, 0.2) is 18.2 Å². The van der Waals surface area contributed by atoms with Crippen LogP contribution in [0.4, 0.5) is 4.79 Å². The number of imidazole rings is 1. The van der Waals surface area contributed by atoms with E-state index in [0.29, 0.717) is 18.4 Å². The summed E-state index contributed by atoms with van der Waals surface area (Å²) >= 11 is 0. The number of aryl methyl sites for hydroxylation is 1. The molecule has 1 saturated heterocycles. The fourth-order valence-electron chi connectivity index (χ4n) is 3.85. The molecule has 1 aliphatic rings. The Bertz CT molecular complexity index is 747. The summed E-state index contributed by atoms with van der Waals surface area (Å²) in [5.41, 5.74) is 3.36. The Balaban J connectivity index is 1.49. The van der Waals surface area contributed by atoms with Gasteiger partial charge in [0.05, 0.1) is 17.6 Å². The van der Waals surface area contributed by atoms with E-state index in [9.17, 15) is 4.79 Å². The number of nitrogens with zero attached hydrogens (tertiary/aromatic N) is 2. The van der Waals surface area contributed by atoms with E-state index in [1.807, 2.05) is 4.90 Å². The molecule has 27 heavy (non-hydrogen) atoms. The van der Waals surface area contributed by atoms with Crippen LogP contribution in [0.5, 0.6) is 0 Å². The van der Waals surface area contributed by atoms with Crippen LogP contribution in [0.2, 0.25) is 0 Å². The molecule has 1 aromatic heterocycles. The summed E-state index contributed by atoms with van der Waals surface area (Å²) < 4.78 is 5.60. The fourth-order valence-corrected chi connectivity index (χ4v) is 3.85. The number of carbonyl (C=O) groups excluding carboxylic acids is 1. The minimum atomic E-state index is -0.149. The second-order valence-corrected chi connectivity index (χ2v) is 7.90. The maximum absolute atomic E-state index is 12.4.